The molecule has 0 radical (unpaired) electrons. The number of hydrogen-bond acceptors (Lipinski definition) is 7. The molecule has 0 saturated carbocycles. The lowest BCUT2D eigenvalue weighted by Gasteiger charge is -2.28. The van der Waals surface area contributed by atoms with Crippen LogP contribution in [0.5, 0.6) is 0 Å². The molecule has 1 unspecified atom stereocenters. The highest BCUT2D eigenvalue weighted by atomic mass is 35.5. The minimum Gasteiger partial charge on any atom is -0.444 e. The summed E-state index contributed by atoms with van der Waals surface area (Å²) in [5.74, 6) is -0.762. The molecular formula is C28H30ClN5O6. The van der Waals surface area contributed by atoms with E-state index in [1.807, 2.05) is 19.2 Å². The Balaban J connectivity index is 1.17. The van der Waals surface area contributed by atoms with Gasteiger partial charge in [0, 0.05) is 34.8 Å². The van der Waals surface area contributed by atoms with Crippen molar-refractivity contribution in [1.29, 1.82) is 0 Å². The maximum absolute atomic E-state index is 13.1. The molecule has 1 saturated heterocycles. The lowest BCUT2D eigenvalue weighted by Crippen LogP contribution is -2.52. The van der Waals surface area contributed by atoms with E-state index in [2.05, 4.69) is 16.0 Å². The Labute approximate surface area is 235 Å². The van der Waals surface area contributed by atoms with Gasteiger partial charge in [0.1, 0.15) is 12.6 Å². The third kappa shape index (κ3) is 5.96. The Morgan fingerprint density at radius 3 is 2.77 bits per heavy atom. The van der Waals surface area contributed by atoms with Crippen LogP contribution in [0.3, 0.4) is 0 Å². The molecule has 0 aliphatic carbocycles. The van der Waals surface area contributed by atoms with Crippen molar-refractivity contribution < 1.29 is 28.7 Å². The zero-order valence-electron chi connectivity index (χ0n) is 22.0. The molecule has 40 heavy (non-hydrogen) atoms. The lowest BCUT2D eigenvalue weighted by molar-refractivity contribution is -0.136. The predicted molar refractivity (Wildman–Crippen MR) is 148 cm³/mol. The minimum absolute atomic E-state index is 0.0401. The van der Waals surface area contributed by atoms with Crippen molar-refractivity contribution in [2.24, 2.45) is 0 Å². The van der Waals surface area contributed by atoms with E-state index in [0.29, 0.717) is 42.3 Å². The van der Waals surface area contributed by atoms with E-state index in [0.717, 1.165) is 28.8 Å². The van der Waals surface area contributed by atoms with Crippen molar-refractivity contribution in [2.75, 3.05) is 32.1 Å². The quantitative estimate of drug-likeness (QED) is 0.253. The maximum Gasteiger partial charge on any atom is 0.411 e. The third-order valence-electron chi connectivity index (χ3n) is 6.97. The molecular weight excluding hydrogens is 538 g/mol. The monoisotopic (exact) mass is 567 g/mol. The summed E-state index contributed by atoms with van der Waals surface area (Å²) in [6.07, 6.45) is 0.527. The average molecular weight is 568 g/mol. The topological polar surface area (TPSA) is 131 Å². The van der Waals surface area contributed by atoms with Crippen LogP contribution in [-0.4, -0.2) is 66.3 Å². The molecule has 11 nitrogen and oxygen atoms in total. The van der Waals surface area contributed by atoms with Gasteiger partial charge in [-0.15, -0.1) is 0 Å². The first-order chi connectivity index (χ1) is 19.3. The molecule has 2 aliphatic rings. The van der Waals surface area contributed by atoms with Crippen LogP contribution in [-0.2, 0) is 38.6 Å². The lowest BCUT2D eigenvalue weighted by atomic mass is 10.0. The number of halogens is 1. The summed E-state index contributed by atoms with van der Waals surface area (Å²) in [6, 6.07) is 11.6. The van der Waals surface area contributed by atoms with E-state index in [-0.39, 0.29) is 31.5 Å². The van der Waals surface area contributed by atoms with E-state index in [1.54, 1.807) is 34.9 Å². The number of amides is 4. The van der Waals surface area contributed by atoms with Crippen molar-refractivity contribution in [1.82, 2.24) is 20.1 Å². The van der Waals surface area contributed by atoms with Crippen LogP contribution in [0.4, 0.5) is 15.3 Å². The molecule has 12 heteroatoms. The van der Waals surface area contributed by atoms with Gasteiger partial charge in [0.2, 0.25) is 11.8 Å². The number of hydrogen-bond donors (Lipinski definition) is 3. The smallest absolute Gasteiger partial charge is 0.411 e. The summed E-state index contributed by atoms with van der Waals surface area (Å²) in [6.45, 7) is 2.20. The number of nitrogens with one attached hydrogen (secondary N) is 3. The number of carbonyl (C=O) groups excluding carboxylic acids is 4. The van der Waals surface area contributed by atoms with Gasteiger partial charge in [0.25, 0.3) is 0 Å². The number of aromatic nitrogens is 1. The molecule has 1 atom stereocenters. The molecule has 1 aromatic heterocycles. The zero-order valence-corrected chi connectivity index (χ0v) is 22.8. The molecule has 4 amide bonds. The number of anilines is 1. The highest BCUT2D eigenvalue weighted by Crippen LogP contribution is 2.30. The van der Waals surface area contributed by atoms with Gasteiger partial charge in [-0.2, -0.15) is 0 Å². The number of imide groups is 1. The number of benzene rings is 2. The fourth-order valence-corrected chi connectivity index (χ4v) is 5.16. The van der Waals surface area contributed by atoms with Gasteiger partial charge in [-0.05, 0) is 67.4 Å². The number of rotatable bonds is 10. The fourth-order valence-electron chi connectivity index (χ4n) is 4.95. The van der Waals surface area contributed by atoms with E-state index in [4.69, 9.17) is 21.1 Å². The molecule has 5 rings (SSSR count). The van der Waals surface area contributed by atoms with Gasteiger partial charge in [0.15, 0.2) is 0 Å². The van der Waals surface area contributed by atoms with E-state index in [9.17, 15) is 19.2 Å². The summed E-state index contributed by atoms with van der Waals surface area (Å²) in [7, 11) is 1.86. The third-order valence-corrected chi connectivity index (χ3v) is 7.34. The molecule has 1 fully saturated rings. The summed E-state index contributed by atoms with van der Waals surface area (Å²) >= 11 is 6.29. The Morgan fingerprint density at radius 1 is 1.12 bits per heavy atom. The SMILES string of the molecule is CNCCOCCc1cc(NC(=O)OCc2ccc3c(c2)cc2n3C(=O)N(C3CCC(=O)NC3=O)C2)ccc1Cl. The minimum atomic E-state index is -0.667. The van der Waals surface area contributed by atoms with Gasteiger partial charge in [0.05, 0.1) is 25.3 Å². The summed E-state index contributed by atoms with van der Waals surface area (Å²) < 4.78 is 12.6. The summed E-state index contributed by atoms with van der Waals surface area (Å²) in [5, 5.41) is 9.48. The zero-order chi connectivity index (χ0) is 28.2. The van der Waals surface area contributed by atoms with Crippen LogP contribution in [0.2, 0.25) is 5.02 Å². The maximum atomic E-state index is 13.1. The van der Waals surface area contributed by atoms with E-state index in [1.165, 1.54) is 4.90 Å². The standard InChI is InChI=1S/C28H30ClN5O6/c1-30-9-11-39-10-8-18-13-20(3-4-22(18)29)31-27(37)40-16-17-2-5-23-19(12-17)14-21-15-33(28(38)34(21)23)24-6-7-25(35)32-26(24)36/h2-5,12-14,24,30H,6-11,15-16H2,1H3,(H,31,37)(H,32,35,36). The van der Waals surface area contributed by atoms with Gasteiger partial charge in [-0.1, -0.05) is 17.7 Å². The predicted octanol–water partition coefficient (Wildman–Crippen LogP) is 3.41. The first-order valence-electron chi connectivity index (χ1n) is 13.1. The van der Waals surface area contributed by atoms with Gasteiger partial charge < -0.3 is 19.7 Å². The first kappa shape index (κ1) is 27.6. The number of piperidine rings is 1. The average Bonchev–Trinajstić information content (AvgIpc) is 3.44. The second kappa shape index (κ2) is 12.1. The molecule has 210 valence electrons. The highest BCUT2D eigenvalue weighted by molar-refractivity contribution is 6.31. The van der Waals surface area contributed by atoms with Crippen LogP contribution in [0, 0.1) is 0 Å². The molecule has 3 N–H and O–H groups in total. The second-order valence-corrected chi connectivity index (χ2v) is 10.1. The number of carbonyl (C=O) groups is 4. The van der Waals surface area contributed by atoms with Crippen molar-refractivity contribution >= 4 is 52.1 Å². The Hall–Kier alpha value is -3.93. The van der Waals surface area contributed by atoms with Crippen molar-refractivity contribution in [3.63, 3.8) is 0 Å². The van der Waals surface area contributed by atoms with Crippen LogP contribution < -0.4 is 16.0 Å². The fraction of sp³-hybridized carbons (Fsp3) is 0.357. The van der Waals surface area contributed by atoms with Crippen molar-refractivity contribution in [3.05, 3.63) is 64.3 Å². The Bertz CT molecular complexity index is 1470. The van der Waals surface area contributed by atoms with Crippen LogP contribution in [0.25, 0.3) is 10.9 Å². The number of likely N-dealkylation sites (N-methyl/N-ethyl adjacent to an activating group) is 1. The largest absolute Gasteiger partial charge is 0.444 e. The normalized spacial score (nSPS) is 16.8. The van der Waals surface area contributed by atoms with E-state index >= 15 is 0 Å². The number of nitrogens with zero attached hydrogens (tertiary/aromatic N) is 2. The van der Waals surface area contributed by atoms with Gasteiger partial charge in [-0.25, -0.2) is 9.59 Å². The first-order valence-corrected chi connectivity index (χ1v) is 13.4. The van der Waals surface area contributed by atoms with Gasteiger partial charge in [-0.3, -0.25) is 24.8 Å². The molecule has 3 heterocycles. The molecule has 3 aromatic rings. The molecule has 0 bridgehead atoms. The molecule has 0 spiro atoms. The van der Waals surface area contributed by atoms with E-state index < -0.39 is 18.0 Å². The van der Waals surface area contributed by atoms with Crippen molar-refractivity contribution in [2.45, 2.75) is 38.5 Å². The van der Waals surface area contributed by atoms with Crippen LogP contribution in [0.15, 0.2) is 42.5 Å². The van der Waals surface area contributed by atoms with Crippen molar-refractivity contribution in [3.8, 4) is 0 Å². The highest BCUT2D eigenvalue weighted by Gasteiger charge is 2.39. The second-order valence-electron chi connectivity index (χ2n) is 9.71. The number of fused-ring (bicyclic) bond motifs is 3. The van der Waals surface area contributed by atoms with Gasteiger partial charge >= 0.3 is 12.1 Å². The van der Waals surface area contributed by atoms with Crippen LogP contribution in [0.1, 0.15) is 29.7 Å². The Morgan fingerprint density at radius 2 is 1.98 bits per heavy atom. The summed E-state index contributed by atoms with van der Waals surface area (Å²) in [4.78, 5) is 50.9. The molecule has 2 aromatic carbocycles. The number of ether oxygens (including phenoxy) is 2. The summed E-state index contributed by atoms with van der Waals surface area (Å²) in [5.41, 5.74) is 3.65. The Kier molecular flexibility index (Phi) is 8.34. The van der Waals surface area contributed by atoms with Crippen LogP contribution >= 0.6 is 11.6 Å². The molecule has 2 aliphatic heterocycles.